The summed E-state index contributed by atoms with van der Waals surface area (Å²) in [6.45, 7) is 5.44. The SMILES string of the molecule is Cc1csc(CCNC2CCNCC2)n1. The fourth-order valence-electron chi connectivity index (χ4n) is 1.93. The van der Waals surface area contributed by atoms with E-state index in [4.69, 9.17) is 0 Å². The predicted molar refractivity (Wildman–Crippen MR) is 64.4 cm³/mol. The second kappa shape index (κ2) is 5.58. The molecule has 0 amide bonds. The molecule has 2 N–H and O–H groups in total. The molecule has 1 aromatic heterocycles. The van der Waals surface area contributed by atoms with Gasteiger partial charge in [0.05, 0.1) is 5.01 Å². The van der Waals surface area contributed by atoms with Crippen molar-refractivity contribution in [1.29, 1.82) is 0 Å². The fourth-order valence-corrected chi connectivity index (χ4v) is 2.70. The highest BCUT2D eigenvalue weighted by Gasteiger charge is 2.11. The first-order chi connectivity index (χ1) is 7.34. The van der Waals surface area contributed by atoms with Crippen molar-refractivity contribution in [3.8, 4) is 0 Å². The van der Waals surface area contributed by atoms with Gasteiger partial charge in [-0.3, -0.25) is 0 Å². The minimum Gasteiger partial charge on any atom is -0.317 e. The summed E-state index contributed by atoms with van der Waals surface area (Å²) >= 11 is 1.77. The molecule has 2 heterocycles. The fraction of sp³-hybridized carbons (Fsp3) is 0.727. The molecular formula is C11H19N3S. The van der Waals surface area contributed by atoms with E-state index in [1.165, 1.54) is 17.8 Å². The normalized spacial score (nSPS) is 18.2. The summed E-state index contributed by atoms with van der Waals surface area (Å²) in [5, 5.41) is 10.4. The minimum atomic E-state index is 0.715. The number of nitrogens with one attached hydrogen (secondary N) is 2. The van der Waals surface area contributed by atoms with Crippen LogP contribution in [-0.4, -0.2) is 30.7 Å². The van der Waals surface area contributed by atoms with Gasteiger partial charge in [0.1, 0.15) is 0 Å². The van der Waals surface area contributed by atoms with Crippen molar-refractivity contribution in [2.75, 3.05) is 19.6 Å². The summed E-state index contributed by atoms with van der Waals surface area (Å²) in [6, 6.07) is 0.715. The van der Waals surface area contributed by atoms with Crippen LogP contribution in [0.15, 0.2) is 5.38 Å². The molecule has 0 unspecified atom stereocenters. The van der Waals surface area contributed by atoms with E-state index in [9.17, 15) is 0 Å². The third-order valence-electron chi connectivity index (χ3n) is 2.78. The van der Waals surface area contributed by atoms with Crippen LogP contribution >= 0.6 is 11.3 Å². The van der Waals surface area contributed by atoms with Crippen LogP contribution in [-0.2, 0) is 6.42 Å². The van der Waals surface area contributed by atoms with Crippen molar-refractivity contribution < 1.29 is 0 Å². The lowest BCUT2D eigenvalue weighted by Crippen LogP contribution is -2.40. The van der Waals surface area contributed by atoms with E-state index in [0.29, 0.717) is 6.04 Å². The third-order valence-corrected chi connectivity index (χ3v) is 3.80. The summed E-state index contributed by atoms with van der Waals surface area (Å²) < 4.78 is 0. The van der Waals surface area contributed by atoms with E-state index >= 15 is 0 Å². The van der Waals surface area contributed by atoms with Gasteiger partial charge >= 0.3 is 0 Å². The van der Waals surface area contributed by atoms with E-state index in [-0.39, 0.29) is 0 Å². The maximum absolute atomic E-state index is 4.46. The monoisotopic (exact) mass is 225 g/mol. The van der Waals surface area contributed by atoms with Gasteiger partial charge < -0.3 is 10.6 Å². The van der Waals surface area contributed by atoms with Crippen LogP contribution in [0.5, 0.6) is 0 Å². The standard InChI is InChI=1S/C11H19N3S/c1-9-8-15-11(14-9)4-7-13-10-2-5-12-6-3-10/h8,10,12-13H,2-7H2,1H3. The molecule has 0 spiro atoms. The number of nitrogens with zero attached hydrogens (tertiary/aromatic N) is 1. The maximum atomic E-state index is 4.46. The first-order valence-corrected chi connectivity index (χ1v) is 6.57. The van der Waals surface area contributed by atoms with Gasteiger partial charge in [0.2, 0.25) is 0 Å². The molecule has 1 saturated heterocycles. The number of aromatic nitrogens is 1. The maximum Gasteiger partial charge on any atom is 0.0940 e. The van der Waals surface area contributed by atoms with E-state index in [1.807, 2.05) is 0 Å². The molecule has 1 aromatic rings. The van der Waals surface area contributed by atoms with Crippen molar-refractivity contribution in [1.82, 2.24) is 15.6 Å². The zero-order chi connectivity index (χ0) is 10.5. The van der Waals surface area contributed by atoms with Gasteiger partial charge in [-0.1, -0.05) is 0 Å². The molecule has 4 heteroatoms. The average Bonchev–Trinajstić information content (AvgIpc) is 2.66. The molecule has 15 heavy (non-hydrogen) atoms. The summed E-state index contributed by atoms with van der Waals surface area (Å²) in [4.78, 5) is 4.46. The summed E-state index contributed by atoms with van der Waals surface area (Å²) in [7, 11) is 0. The molecule has 84 valence electrons. The van der Waals surface area contributed by atoms with Crippen LogP contribution in [0.4, 0.5) is 0 Å². The zero-order valence-electron chi connectivity index (χ0n) is 9.25. The van der Waals surface area contributed by atoms with Crippen LogP contribution in [0, 0.1) is 6.92 Å². The summed E-state index contributed by atoms with van der Waals surface area (Å²) in [5.41, 5.74) is 1.15. The van der Waals surface area contributed by atoms with Gasteiger partial charge in [0, 0.05) is 30.1 Å². The number of rotatable bonds is 4. The second-order valence-corrected chi connectivity index (χ2v) is 5.05. The molecule has 0 bridgehead atoms. The molecule has 0 aliphatic carbocycles. The molecule has 0 saturated carbocycles. The summed E-state index contributed by atoms with van der Waals surface area (Å²) in [6.07, 6.45) is 3.59. The second-order valence-electron chi connectivity index (χ2n) is 4.11. The topological polar surface area (TPSA) is 37.0 Å². The Morgan fingerprint density at radius 3 is 3.00 bits per heavy atom. The van der Waals surface area contributed by atoms with Crippen molar-refractivity contribution >= 4 is 11.3 Å². The Hall–Kier alpha value is -0.450. The quantitative estimate of drug-likeness (QED) is 0.812. The molecule has 1 aliphatic heterocycles. The van der Waals surface area contributed by atoms with Crippen molar-refractivity contribution in [3.63, 3.8) is 0 Å². The Labute approximate surface area is 95.3 Å². The van der Waals surface area contributed by atoms with Gasteiger partial charge in [-0.05, 0) is 32.9 Å². The number of hydrogen-bond acceptors (Lipinski definition) is 4. The highest BCUT2D eigenvalue weighted by molar-refractivity contribution is 7.09. The Kier molecular flexibility index (Phi) is 4.11. The van der Waals surface area contributed by atoms with E-state index in [1.54, 1.807) is 11.3 Å². The highest BCUT2D eigenvalue weighted by Crippen LogP contribution is 2.09. The minimum absolute atomic E-state index is 0.715. The van der Waals surface area contributed by atoms with Crippen molar-refractivity contribution in [3.05, 3.63) is 16.1 Å². The van der Waals surface area contributed by atoms with Crippen LogP contribution < -0.4 is 10.6 Å². The molecule has 0 radical (unpaired) electrons. The van der Waals surface area contributed by atoms with Crippen molar-refractivity contribution in [2.45, 2.75) is 32.2 Å². The van der Waals surface area contributed by atoms with E-state index in [2.05, 4.69) is 27.9 Å². The molecule has 1 aliphatic rings. The lowest BCUT2D eigenvalue weighted by Gasteiger charge is -2.23. The molecule has 0 atom stereocenters. The highest BCUT2D eigenvalue weighted by atomic mass is 32.1. The van der Waals surface area contributed by atoms with Gasteiger partial charge in [-0.15, -0.1) is 11.3 Å². The Morgan fingerprint density at radius 2 is 2.33 bits per heavy atom. The molecular weight excluding hydrogens is 206 g/mol. The number of hydrogen-bond donors (Lipinski definition) is 2. The van der Waals surface area contributed by atoms with E-state index in [0.717, 1.165) is 31.7 Å². The van der Waals surface area contributed by atoms with Gasteiger partial charge in [0.25, 0.3) is 0 Å². The molecule has 0 aromatic carbocycles. The lowest BCUT2D eigenvalue weighted by molar-refractivity contribution is 0.389. The van der Waals surface area contributed by atoms with Crippen LogP contribution in [0.2, 0.25) is 0 Å². The summed E-state index contributed by atoms with van der Waals surface area (Å²) in [5.74, 6) is 0. The van der Waals surface area contributed by atoms with Crippen molar-refractivity contribution in [2.24, 2.45) is 0 Å². The van der Waals surface area contributed by atoms with Gasteiger partial charge in [-0.2, -0.15) is 0 Å². The Balaban J connectivity index is 1.65. The van der Waals surface area contributed by atoms with Crippen LogP contribution in [0.3, 0.4) is 0 Å². The molecule has 1 fully saturated rings. The Bertz CT molecular complexity index is 292. The van der Waals surface area contributed by atoms with Gasteiger partial charge in [-0.25, -0.2) is 4.98 Å². The van der Waals surface area contributed by atoms with Crippen LogP contribution in [0.25, 0.3) is 0 Å². The van der Waals surface area contributed by atoms with E-state index < -0.39 is 0 Å². The van der Waals surface area contributed by atoms with Gasteiger partial charge in [0.15, 0.2) is 0 Å². The number of piperidine rings is 1. The lowest BCUT2D eigenvalue weighted by atomic mass is 10.1. The number of aryl methyl sites for hydroxylation is 1. The van der Waals surface area contributed by atoms with Crippen LogP contribution in [0.1, 0.15) is 23.5 Å². The predicted octanol–water partition coefficient (Wildman–Crippen LogP) is 1.34. The largest absolute Gasteiger partial charge is 0.317 e. The third kappa shape index (κ3) is 3.55. The molecule has 2 rings (SSSR count). The smallest absolute Gasteiger partial charge is 0.0940 e. The number of thiazole rings is 1. The first kappa shape index (κ1) is 11.0. The average molecular weight is 225 g/mol. The first-order valence-electron chi connectivity index (χ1n) is 5.70. The Morgan fingerprint density at radius 1 is 1.53 bits per heavy atom. The zero-order valence-corrected chi connectivity index (χ0v) is 10.1. The molecule has 3 nitrogen and oxygen atoms in total.